The van der Waals surface area contributed by atoms with Crippen molar-refractivity contribution < 1.29 is 19.1 Å². The van der Waals surface area contributed by atoms with E-state index in [-0.39, 0.29) is 42.5 Å². The number of rotatable bonds is 15. The first-order valence-electron chi connectivity index (χ1n) is 12.0. The number of nitrogens with zero attached hydrogens (tertiary/aromatic N) is 3. The number of anilines is 1. The lowest BCUT2D eigenvalue weighted by Crippen LogP contribution is -2.38. The van der Waals surface area contributed by atoms with E-state index in [2.05, 4.69) is 21.9 Å². The normalized spacial score (nSPS) is 13.2. The van der Waals surface area contributed by atoms with Gasteiger partial charge in [0.15, 0.2) is 11.2 Å². The van der Waals surface area contributed by atoms with E-state index >= 15 is 0 Å². The predicted molar refractivity (Wildman–Crippen MR) is 129 cm³/mol. The first-order valence-corrected chi connectivity index (χ1v) is 12.0. The van der Waals surface area contributed by atoms with Crippen molar-refractivity contribution in [2.75, 3.05) is 18.9 Å². The molecule has 0 aliphatic rings. The van der Waals surface area contributed by atoms with Crippen LogP contribution in [0.2, 0.25) is 0 Å². The van der Waals surface area contributed by atoms with E-state index in [9.17, 15) is 14.4 Å². The highest BCUT2D eigenvalue weighted by Gasteiger charge is 2.22. The van der Waals surface area contributed by atoms with Crippen LogP contribution in [-0.4, -0.2) is 50.7 Å². The molecule has 0 aliphatic carbocycles. The van der Waals surface area contributed by atoms with Gasteiger partial charge in [-0.25, -0.2) is 4.98 Å². The Hall–Kier alpha value is -2.95. The largest absolute Gasteiger partial charge is 0.466 e. The number of aromatic nitrogens is 4. The molecule has 2 heterocycles. The third-order valence-electron chi connectivity index (χ3n) is 5.67. The van der Waals surface area contributed by atoms with Gasteiger partial charge in [-0.3, -0.25) is 19.4 Å². The monoisotopic (exact) mass is 478 g/mol. The number of nitrogens with one attached hydrogen (secondary N) is 1. The van der Waals surface area contributed by atoms with E-state index in [0.29, 0.717) is 25.0 Å². The Labute approximate surface area is 199 Å². The van der Waals surface area contributed by atoms with Gasteiger partial charge in [-0.15, -0.1) is 0 Å². The molecule has 0 saturated heterocycles. The summed E-state index contributed by atoms with van der Waals surface area (Å²) in [4.78, 5) is 47.0. The van der Waals surface area contributed by atoms with Crippen LogP contribution >= 0.6 is 0 Å². The Morgan fingerprint density at radius 2 is 1.91 bits per heavy atom. The molecule has 0 aromatic carbocycles. The third-order valence-corrected chi connectivity index (χ3v) is 5.67. The average molecular weight is 479 g/mol. The SMILES string of the molecule is CCCCCCCC(=O)OCCC(COC(=O)[C@@H](N)C(C)C)Cn1cnc2c(=O)[nH]c(N)nc21. The van der Waals surface area contributed by atoms with Gasteiger partial charge in [-0.1, -0.05) is 46.5 Å². The van der Waals surface area contributed by atoms with Gasteiger partial charge >= 0.3 is 11.9 Å². The molecule has 0 radical (unpaired) electrons. The van der Waals surface area contributed by atoms with Crippen LogP contribution in [0.5, 0.6) is 0 Å². The summed E-state index contributed by atoms with van der Waals surface area (Å²) in [7, 11) is 0. The van der Waals surface area contributed by atoms with Crippen molar-refractivity contribution in [3.05, 3.63) is 16.7 Å². The van der Waals surface area contributed by atoms with Crippen molar-refractivity contribution in [1.29, 1.82) is 0 Å². The van der Waals surface area contributed by atoms with Crippen LogP contribution in [0.1, 0.15) is 65.7 Å². The number of fused-ring (bicyclic) bond motifs is 1. The number of ether oxygens (including phenoxy) is 2. The standard InChI is InChI=1S/C23H38N6O5/c1-4-5-6-7-8-9-17(30)33-11-10-16(13-34-22(32)18(24)15(2)3)12-29-14-26-19-20(29)27-23(25)28-21(19)31/h14-16,18H,4-13,24H2,1-3H3,(H3,25,27,28,31)/t16?,18-/m0/s1. The highest BCUT2D eigenvalue weighted by molar-refractivity contribution is 5.75. The van der Waals surface area contributed by atoms with Crippen molar-refractivity contribution in [3.63, 3.8) is 0 Å². The highest BCUT2D eigenvalue weighted by Crippen LogP contribution is 2.15. The van der Waals surface area contributed by atoms with Crippen LogP contribution in [0.25, 0.3) is 11.2 Å². The van der Waals surface area contributed by atoms with Crippen molar-refractivity contribution in [1.82, 2.24) is 19.5 Å². The fourth-order valence-electron chi connectivity index (χ4n) is 3.46. The molecule has 0 bridgehead atoms. The Balaban J connectivity index is 1.99. The van der Waals surface area contributed by atoms with E-state index in [1.165, 1.54) is 12.7 Å². The molecule has 2 atom stereocenters. The molecule has 0 fully saturated rings. The molecule has 2 rings (SSSR count). The van der Waals surface area contributed by atoms with Gasteiger partial charge in [-0.05, 0) is 18.8 Å². The molecular weight excluding hydrogens is 440 g/mol. The second-order valence-corrected chi connectivity index (χ2v) is 8.96. The number of hydrogen-bond donors (Lipinski definition) is 3. The summed E-state index contributed by atoms with van der Waals surface area (Å²) >= 11 is 0. The molecule has 11 heteroatoms. The van der Waals surface area contributed by atoms with Crippen molar-refractivity contribution >= 4 is 29.1 Å². The Morgan fingerprint density at radius 3 is 2.62 bits per heavy atom. The highest BCUT2D eigenvalue weighted by atomic mass is 16.5. The molecule has 1 unspecified atom stereocenters. The maximum absolute atomic E-state index is 12.2. The summed E-state index contributed by atoms with van der Waals surface area (Å²) < 4.78 is 12.5. The van der Waals surface area contributed by atoms with Gasteiger partial charge < -0.3 is 25.5 Å². The Kier molecular flexibility index (Phi) is 11.0. The molecule has 190 valence electrons. The summed E-state index contributed by atoms with van der Waals surface area (Å²) in [6, 6.07) is -0.722. The number of carbonyl (C=O) groups excluding carboxylic acids is 2. The lowest BCUT2D eigenvalue weighted by atomic mass is 10.1. The zero-order valence-corrected chi connectivity index (χ0v) is 20.4. The summed E-state index contributed by atoms with van der Waals surface area (Å²) in [5.74, 6) is -1.01. The molecule has 0 amide bonds. The fraction of sp³-hybridized carbons (Fsp3) is 0.696. The molecule has 2 aromatic rings. The van der Waals surface area contributed by atoms with Crippen LogP contribution in [0.15, 0.2) is 11.1 Å². The van der Waals surface area contributed by atoms with Crippen molar-refractivity contribution in [2.24, 2.45) is 17.6 Å². The van der Waals surface area contributed by atoms with Gasteiger partial charge in [0.1, 0.15) is 6.04 Å². The minimum atomic E-state index is -0.722. The summed E-state index contributed by atoms with van der Waals surface area (Å²) in [5, 5.41) is 0. The number of nitrogens with two attached hydrogens (primary N) is 2. The maximum Gasteiger partial charge on any atom is 0.323 e. The molecule has 34 heavy (non-hydrogen) atoms. The fourth-order valence-corrected chi connectivity index (χ4v) is 3.46. The van der Waals surface area contributed by atoms with Crippen LogP contribution in [-0.2, 0) is 25.6 Å². The average Bonchev–Trinajstić information content (AvgIpc) is 3.19. The minimum absolute atomic E-state index is 0.0157. The first kappa shape index (κ1) is 27.3. The van der Waals surface area contributed by atoms with E-state index in [4.69, 9.17) is 20.9 Å². The molecule has 11 nitrogen and oxygen atoms in total. The quantitative estimate of drug-likeness (QED) is 0.256. The number of carbonyl (C=O) groups is 2. The zero-order valence-electron chi connectivity index (χ0n) is 20.4. The summed E-state index contributed by atoms with van der Waals surface area (Å²) in [5.41, 5.74) is 11.6. The smallest absolute Gasteiger partial charge is 0.323 e. The number of hydrogen-bond acceptors (Lipinski definition) is 9. The number of imidazole rings is 1. The van der Waals surface area contributed by atoms with E-state index in [1.54, 1.807) is 4.57 Å². The number of aromatic amines is 1. The Morgan fingerprint density at radius 1 is 1.18 bits per heavy atom. The second kappa shape index (κ2) is 13.7. The number of H-pyrrole nitrogens is 1. The molecule has 0 saturated carbocycles. The minimum Gasteiger partial charge on any atom is -0.466 e. The lowest BCUT2D eigenvalue weighted by molar-refractivity contribution is -0.149. The predicted octanol–water partition coefficient (Wildman–Crippen LogP) is 2.14. The number of nitrogen functional groups attached to an aromatic ring is 1. The number of esters is 2. The summed E-state index contributed by atoms with van der Waals surface area (Å²) in [6.45, 7) is 6.44. The van der Waals surface area contributed by atoms with Crippen LogP contribution in [0.3, 0.4) is 0 Å². The lowest BCUT2D eigenvalue weighted by Gasteiger charge is -2.20. The van der Waals surface area contributed by atoms with Crippen LogP contribution < -0.4 is 17.0 Å². The molecular formula is C23H38N6O5. The van der Waals surface area contributed by atoms with Gasteiger partial charge in [0, 0.05) is 18.9 Å². The molecule has 2 aromatic heterocycles. The molecule has 0 spiro atoms. The topological polar surface area (TPSA) is 168 Å². The molecule has 5 N–H and O–H groups in total. The number of unbranched alkanes of at least 4 members (excludes halogenated alkanes) is 4. The van der Waals surface area contributed by atoms with Crippen LogP contribution in [0.4, 0.5) is 5.95 Å². The van der Waals surface area contributed by atoms with Gasteiger partial charge in [0.05, 0.1) is 19.5 Å². The third kappa shape index (κ3) is 8.44. The molecule has 0 aliphatic heterocycles. The summed E-state index contributed by atoms with van der Waals surface area (Å²) in [6.07, 6.45) is 7.61. The van der Waals surface area contributed by atoms with E-state index < -0.39 is 17.6 Å². The van der Waals surface area contributed by atoms with E-state index in [0.717, 1.165) is 25.7 Å². The van der Waals surface area contributed by atoms with Gasteiger partial charge in [0.2, 0.25) is 5.95 Å². The van der Waals surface area contributed by atoms with Gasteiger partial charge in [-0.2, -0.15) is 4.98 Å². The van der Waals surface area contributed by atoms with Crippen LogP contribution in [0, 0.1) is 11.8 Å². The van der Waals surface area contributed by atoms with Crippen molar-refractivity contribution in [2.45, 2.75) is 78.3 Å². The first-order chi connectivity index (χ1) is 16.2. The Bertz CT molecular complexity index is 986. The van der Waals surface area contributed by atoms with E-state index in [1.807, 2.05) is 13.8 Å². The zero-order chi connectivity index (χ0) is 25.1. The van der Waals surface area contributed by atoms with Gasteiger partial charge in [0.25, 0.3) is 5.56 Å². The second-order valence-electron chi connectivity index (χ2n) is 8.96. The van der Waals surface area contributed by atoms with Crippen molar-refractivity contribution in [3.8, 4) is 0 Å². The maximum atomic E-state index is 12.2.